The van der Waals surface area contributed by atoms with Gasteiger partial charge in [0.05, 0.1) is 18.2 Å². The van der Waals surface area contributed by atoms with Gasteiger partial charge in [0.1, 0.15) is 11.9 Å². The Morgan fingerprint density at radius 3 is 2.69 bits per heavy atom. The fourth-order valence-electron chi connectivity index (χ4n) is 0.975. The monoisotopic (exact) mass is 181 g/mol. The van der Waals surface area contributed by atoms with Gasteiger partial charge in [-0.25, -0.2) is 4.39 Å². The molecule has 4 heteroatoms. The highest BCUT2D eigenvalue weighted by atomic mass is 19.1. The topological polar surface area (TPSA) is 64.2 Å². The molecule has 1 unspecified atom stereocenters. The standard InChI is InChI=1S/C9H8FNO2/c10-8-2-6(4-11)1-7(3-8)9(13)5-12/h1-3,9,12-13H,5H2. The van der Waals surface area contributed by atoms with Gasteiger partial charge in [0, 0.05) is 0 Å². The number of halogens is 1. The molecule has 0 fully saturated rings. The minimum atomic E-state index is -1.14. The van der Waals surface area contributed by atoms with Crippen molar-refractivity contribution in [2.75, 3.05) is 6.61 Å². The summed E-state index contributed by atoms with van der Waals surface area (Å²) in [4.78, 5) is 0. The molecule has 1 atom stereocenters. The molecule has 0 heterocycles. The van der Waals surface area contributed by atoms with E-state index in [0.29, 0.717) is 0 Å². The average molecular weight is 181 g/mol. The molecule has 0 aliphatic heterocycles. The Morgan fingerprint density at radius 1 is 1.46 bits per heavy atom. The molecule has 0 radical (unpaired) electrons. The molecule has 0 saturated carbocycles. The molecule has 1 aromatic rings. The molecule has 13 heavy (non-hydrogen) atoms. The van der Waals surface area contributed by atoms with Crippen molar-refractivity contribution >= 4 is 0 Å². The van der Waals surface area contributed by atoms with Crippen LogP contribution in [0, 0.1) is 17.1 Å². The molecule has 2 N–H and O–H groups in total. The molecule has 0 saturated heterocycles. The lowest BCUT2D eigenvalue weighted by Crippen LogP contribution is -2.03. The molecular weight excluding hydrogens is 173 g/mol. The zero-order valence-corrected chi connectivity index (χ0v) is 6.74. The van der Waals surface area contributed by atoms with Crippen LogP contribution < -0.4 is 0 Å². The third-order valence-corrected chi connectivity index (χ3v) is 1.61. The van der Waals surface area contributed by atoms with Crippen LogP contribution >= 0.6 is 0 Å². The Hall–Kier alpha value is -1.44. The highest BCUT2D eigenvalue weighted by molar-refractivity contribution is 5.34. The summed E-state index contributed by atoms with van der Waals surface area (Å²) in [5.74, 6) is -0.596. The number of rotatable bonds is 2. The summed E-state index contributed by atoms with van der Waals surface area (Å²) in [5.41, 5.74) is 0.335. The molecule has 0 amide bonds. The van der Waals surface area contributed by atoms with Crippen LogP contribution in [0.1, 0.15) is 17.2 Å². The Labute approximate surface area is 74.7 Å². The summed E-state index contributed by atoms with van der Waals surface area (Å²) < 4.78 is 12.8. The fourth-order valence-corrected chi connectivity index (χ4v) is 0.975. The molecule has 3 nitrogen and oxygen atoms in total. The molecule has 1 aromatic carbocycles. The maximum atomic E-state index is 12.8. The summed E-state index contributed by atoms with van der Waals surface area (Å²) in [6.45, 7) is -0.492. The van der Waals surface area contributed by atoms with Crippen molar-refractivity contribution in [3.05, 3.63) is 35.1 Å². The number of hydrogen-bond acceptors (Lipinski definition) is 3. The highest BCUT2D eigenvalue weighted by Gasteiger charge is 2.08. The lowest BCUT2D eigenvalue weighted by molar-refractivity contribution is 0.0953. The third-order valence-electron chi connectivity index (χ3n) is 1.61. The van der Waals surface area contributed by atoms with E-state index in [1.165, 1.54) is 6.07 Å². The van der Waals surface area contributed by atoms with E-state index in [1.54, 1.807) is 6.07 Å². The molecule has 68 valence electrons. The summed E-state index contributed by atoms with van der Waals surface area (Å²) in [7, 11) is 0. The number of aliphatic hydroxyl groups is 2. The Bertz CT molecular complexity index is 346. The molecule has 1 rings (SSSR count). The van der Waals surface area contributed by atoms with Crippen molar-refractivity contribution < 1.29 is 14.6 Å². The minimum Gasteiger partial charge on any atom is -0.393 e. The van der Waals surface area contributed by atoms with Gasteiger partial charge in [-0.2, -0.15) is 5.26 Å². The van der Waals surface area contributed by atoms with E-state index in [9.17, 15) is 4.39 Å². The molecule has 0 aliphatic rings. The number of benzene rings is 1. The number of hydrogen-bond donors (Lipinski definition) is 2. The maximum Gasteiger partial charge on any atom is 0.124 e. The van der Waals surface area contributed by atoms with Gasteiger partial charge in [0.15, 0.2) is 0 Å². The first kappa shape index (κ1) is 9.65. The molecule has 0 aromatic heterocycles. The second kappa shape index (κ2) is 3.99. The first-order chi connectivity index (χ1) is 6.17. The van der Waals surface area contributed by atoms with Crippen molar-refractivity contribution in [2.24, 2.45) is 0 Å². The van der Waals surface area contributed by atoms with Crippen LogP contribution in [0.15, 0.2) is 18.2 Å². The molecule has 0 aliphatic carbocycles. The predicted molar refractivity (Wildman–Crippen MR) is 43.2 cm³/mol. The van der Waals surface area contributed by atoms with Crippen LogP contribution in [0.5, 0.6) is 0 Å². The van der Waals surface area contributed by atoms with Crippen LogP contribution in [-0.2, 0) is 0 Å². The third kappa shape index (κ3) is 2.25. The van der Waals surface area contributed by atoms with Crippen LogP contribution in [0.2, 0.25) is 0 Å². The van der Waals surface area contributed by atoms with E-state index >= 15 is 0 Å². The summed E-state index contributed by atoms with van der Waals surface area (Å²) in [5, 5.41) is 26.2. The Balaban J connectivity index is 3.10. The van der Waals surface area contributed by atoms with Crippen molar-refractivity contribution in [3.8, 4) is 6.07 Å². The summed E-state index contributed by atoms with van der Waals surface area (Å²) in [6, 6.07) is 5.24. The average Bonchev–Trinajstić information content (AvgIpc) is 2.15. The minimum absolute atomic E-state index is 0.127. The second-order valence-electron chi connectivity index (χ2n) is 2.58. The van der Waals surface area contributed by atoms with Crippen LogP contribution in [0.25, 0.3) is 0 Å². The van der Waals surface area contributed by atoms with Crippen LogP contribution in [0.3, 0.4) is 0 Å². The van der Waals surface area contributed by atoms with Gasteiger partial charge < -0.3 is 10.2 Å². The Kier molecular flexibility index (Phi) is 2.96. The summed E-state index contributed by atoms with van der Waals surface area (Å²) >= 11 is 0. The predicted octanol–water partition coefficient (Wildman–Crippen LogP) is 0.723. The first-order valence-electron chi connectivity index (χ1n) is 3.67. The number of nitrogens with zero attached hydrogens (tertiary/aromatic N) is 1. The van der Waals surface area contributed by atoms with Gasteiger partial charge in [-0.15, -0.1) is 0 Å². The first-order valence-corrected chi connectivity index (χ1v) is 3.67. The zero-order chi connectivity index (χ0) is 9.84. The van der Waals surface area contributed by atoms with Crippen molar-refractivity contribution in [1.82, 2.24) is 0 Å². The van der Waals surface area contributed by atoms with Gasteiger partial charge >= 0.3 is 0 Å². The zero-order valence-electron chi connectivity index (χ0n) is 6.74. The van der Waals surface area contributed by atoms with Gasteiger partial charge in [0.2, 0.25) is 0 Å². The van der Waals surface area contributed by atoms with Crippen molar-refractivity contribution in [1.29, 1.82) is 5.26 Å². The van der Waals surface area contributed by atoms with Gasteiger partial charge in [-0.05, 0) is 23.8 Å². The van der Waals surface area contributed by atoms with Crippen molar-refractivity contribution in [3.63, 3.8) is 0 Å². The second-order valence-corrected chi connectivity index (χ2v) is 2.58. The fraction of sp³-hybridized carbons (Fsp3) is 0.222. The van der Waals surface area contributed by atoms with E-state index in [1.807, 2.05) is 0 Å². The van der Waals surface area contributed by atoms with E-state index in [-0.39, 0.29) is 11.1 Å². The molecular formula is C9H8FNO2. The number of aliphatic hydroxyl groups excluding tert-OH is 2. The Morgan fingerprint density at radius 2 is 2.15 bits per heavy atom. The smallest absolute Gasteiger partial charge is 0.124 e. The SMILES string of the molecule is N#Cc1cc(F)cc(C(O)CO)c1. The largest absolute Gasteiger partial charge is 0.393 e. The summed E-state index contributed by atoms with van der Waals surface area (Å²) in [6.07, 6.45) is -1.14. The van der Waals surface area contributed by atoms with E-state index in [2.05, 4.69) is 0 Å². The molecule has 0 bridgehead atoms. The lowest BCUT2D eigenvalue weighted by Gasteiger charge is -2.07. The highest BCUT2D eigenvalue weighted by Crippen LogP contribution is 2.15. The van der Waals surface area contributed by atoms with Gasteiger partial charge in [-0.1, -0.05) is 0 Å². The maximum absolute atomic E-state index is 12.8. The van der Waals surface area contributed by atoms with Crippen LogP contribution in [-0.4, -0.2) is 16.8 Å². The van der Waals surface area contributed by atoms with Crippen molar-refractivity contribution in [2.45, 2.75) is 6.10 Å². The van der Waals surface area contributed by atoms with E-state index < -0.39 is 18.5 Å². The quantitative estimate of drug-likeness (QED) is 0.706. The van der Waals surface area contributed by atoms with Crippen LogP contribution in [0.4, 0.5) is 4.39 Å². The number of nitriles is 1. The lowest BCUT2D eigenvalue weighted by atomic mass is 10.1. The van der Waals surface area contributed by atoms with E-state index in [0.717, 1.165) is 12.1 Å². The van der Waals surface area contributed by atoms with Gasteiger partial charge in [0.25, 0.3) is 0 Å². The molecule has 0 spiro atoms. The normalized spacial score (nSPS) is 12.2. The van der Waals surface area contributed by atoms with Gasteiger partial charge in [-0.3, -0.25) is 0 Å². The van der Waals surface area contributed by atoms with E-state index in [4.69, 9.17) is 15.5 Å².